The zero-order valence-corrected chi connectivity index (χ0v) is 12.8. The van der Waals surface area contributed by atoms with Crippen LogP contribution in [0.4, 0.5) is 0 Å². The molecule has 0 aromatic heterocycles. The number of rotatable bonds is 8. The first-order valence-corrected chi connectivity index (χ1v) is 7.64. The van der Waals surface area contributed by atoms with Crippen LogP contribution in [0.2, 0.25) is 0 Å². The number of hydrogen-bond donors (Lipinski definition) is 3. The molecule has 0 saturated carbocycles. The normalized spacial score (nSPS) is 27.1. The first kappa shape index (κ1) is 17.1. The predicted molar refractivity (Wildman–Crippen MR) is 74.2 cm³/mol. The minimum atomic E-state index is -3.47. The Hall–Kier alpha value is -0.920. The Morgan fingerprint density at radius 2 is 2.20 bits per heavy atom. The average Bonchev–Trinajstić information content (AvgIpc) is 2.76. The minimum Gasteiger partial charge on any atom is -0.384 e. The van der Waals surface area contributed by atoms with Crippen molar-refractivity contribution in [2.45, 2.75) is 25.7 Å². The molecule has 0 aliphatic carbocycles. The molecule has 4 N–H and O–H groups in total. The lowest BCUT2D eigenvalue weighted by Gasteiger charge is -2.19. The number of phosphoric ester groups is 1. The lowest BCUT2D eigenvalue weighted by molar-refractivity contribution is -0.00864. The van der Waals surface area contributed by atoms with Crippen LogP contribution in [-0.2, 0) is 22.9 Å². The molecule has 0 aromatic rings. The van der Waals surface area contributed by atoms with Crippen LogP contribution in [0, 0.1) is 11.3 Å². The van der Waals surface area contributed by atoms with Gasteiger partial charge >= 0.3 is 7.82 Å². The van der Waals surface area contributed by atoms with Crippen molar-refractivity contribution in [1.29, 1.82) is 5.41 Å². The fourth-order valence-corrected chi connectivity index (χ4v) is 2.48. The lowest BCUT2D eigenvalue weighted by Crippen LogP contribution is -2.26. The highest BCUT2D eigenvalue weighted by molar-refractivity contribution is 7.48. The van der Waals surface area contributed by atoms with Gasteiger partial charge in [0.05, 0.1) is 12.7 Å². The first-order valence-electron chi connectivity index (χ1n) is 6.18. The van der Waals surface area contributed by atoms with Crippen molar-refractivity contribution < 1.29 is 22.9 Å². The standard InChI is InChI=1S/C11H22N3O5P/c1-8-6-11(14-5-4-10(12)13)19-9(8)7-18-20(15,16-2)17-3/h4-5,8-9,11,14H,6-7H2,1-3H3,(H3,12,13)/b5-4-. The molecule has 3 atom stereocenters. The summed E-state index contributed by atoms with van der Waals surface area (Å²) in [6.07, 6.45) is 3.36. The number of phosphoric acid groups is 1. The van der Waals surface area contributed by atoms with Crippen molar-refractivity contribution in [3.8, 4) is 0 Å². The van der Waals surface area contributed by atoms with Gasteiger partial charge in [-0.1, -0.05) is 6.92 Å². The maximum atomic E-state index is 11.8. The highest BCUT2D eigenvalue weighted by Gasteiger charge is 2.34. The third-order valence-corrected chi connectivity index (χ3v) is 4.31. The number of ether oxygens (including phenoxy) is 1. The molecule has 1 rings (SSSR count). The average molecular weight is 307 g/mol. The van der Waals surface area contributed by atoms with Gasteiger partial charge in [-0.3, -0.25) is 19.0 Å². The zero-order valence-electron chi connectivity index (χ0n) is 11.9. The molecule has 8 nitrogen and oxygen atoms in total. The van der Waals surface area contributed by atoms with Gasteiger partial charge in [-0.25, -0.2) is 4.57 Å². The zero-order chi connectivity index (χ0) is 15.2. The Balaban J connectivity index is 2.42. The maximum absolute atomic E-state index is 11.8. The molecule has 0 amide bonds. The van der Waals surface area contributed by atoms with Gasteiger partial charge in [-0.2, -0.15) is 0 Å². The molecule has 1 aliphatic rings. The third kappa shape index (κ3) is 5.22. The van der Waals surface area contributed by atoms with Crippen LogP contribution in [0.15, 0.2) is 12.3 Å². The second kappa shape index (κ2) is 7.75. The summed E-state index contributed by atoms with van der Waals surface area (Å²) >= 11 is 0. The molecule has 20 heavy (non-hydrogen) atoms. The van der Waals surface area contributed by atoms with E-state index in [4.69, 9.17) is 29.5 Å². The second-order valence-electron chi connectivity index (χ2n) is 4.44. The number of nitrogens with one attached hydrogen (secondary N) is 2. The van der Waals surface area contributed by atoms with Crippen LogP contribution >= 0.6 is 7.82 Å². The summed E-state index contributed by atoms with van der Waals surface area (Å²) in [5, 5.41) is 10.0. The molecule has 0 spiro atoms. The molecule has 0 radical (unpaired) electrons. The van der Waals surface area contributed by atoms with Gasteiger partial charge in [-0.15, -0.1) is 0 Å². The molecule has 1 heterocycles. The van der Waals surface area contributed by atoms with Crippen LogP contribution in [0.3, 0.4) is 0 Å². The van der Waals surface area contributed by atoms with Gasteiger partial charge in [0.2, 0.25) is 0 Å². The summed E-state index contributed by atoms with van der Waals surface area (Å²) < 4.78 is 32.0. The molecule has 3 unspecified atom stereocenters. The van der Waals surface area contributed by atoms with E-state index in [1.165, 1.54) is 20.3 Å². The van der Waals surface area contributed by atoms with Crippen LogP contribution in [0.1, 0.15) is 13.3 Å². The van der Waals surface area contributed by atoms with E-state index >= 15 is 0 Å². The van der Waals surface area contributed by atoms with Crippen molar-refractivity contribution in [3.63, 3.8) is 0 Å². The quantitative estimate of drug-likeness (QED) is 0.350. The largest absolute Gasteiger partial charge is 0.474 e. The lowest BCUT2D eigenvalue weighted by atomic mass is 10.0. The van der Waals surface area contributed by atoms with E-state index in [9.17, 15) is 4.57 Å². The summed E-state index contributed by atoms with van der Waals surface area (Å²) in [6.45, 7) is 2.13. The van der Waals surface area contributed by atoms with E-state index in [1.807, 2.05) is 6.92 Å². The van der Waals surface area contributed by atoms with E-state index < -0.39 is 7.82 Å². The Bertz CT molecular complexity index is 396. The summed E-state index contributed by atoms with van der Waals surface area (Å²) in [5.41, 5.74) is 5.19. The predicted octanol–water partition coefficient (Wildman–Crippen LogP) is 1.19. The van der Waals surface area contributed by atoms with Gasteiger partial charge in [0.15, 0.2) is 0 Å². The van der Waals surface area contributed by atoms with E-state index in [-0.39, 0.29) is 30.7 Å². The minimum absolute atomic E-state index is 0.0374. The summed E-state index contributed by atoms with van der Waals surface area (Å²) in [4.78, 5) is 0. The number of hydrogen-bond acceptors (Lipinski definition) is 7. The van der Waals surface area contributed by atoms with Crippen molar-refractivity contribution in [3.05, 3.63) is 12.3 Å². The highest BCUT2D eigenvalue weighted by Crippen LogP contribution is 2.48. The van der Waals surface area contributed by atoms with Gasteiger partial charge in [0.25, 0.3) is 0 Å². The van der Waals surface area contributed by atoms with Gasteiger partial charge in [0.1, 0.15) is 12.1 Å². The van der Waals surface area contributed by atoms with Gasteiger partial charge < -0.3 is 15.8 Å². The van der Waals surface area contributed by atoms with Crippen LogP contribution < -0.4 is 11.1 Å². The highest BCUT2D eigenvalue weighted by atomic mass is 31.2. The molecule has 1 saturated heterocycles. The third-order valence-electron chi connectivity index (χ3n) is 2.95. The Morgan fingerprint density at radius 1 is 1.55 bits per heavy atom. The van der Waals surface area contributed by atoms with E-state index in [2.05, 4.69) is 5.32 Å². The Labute approximate surface area is 118 Å². The summed E-state index contributed by atoms with van der Waals surface area (Å²) in [7, 11) is -0.945. The SMILES string of the molecule is COP(=O)(OC)OCC1OC(N/C=C\C(=N)N)CC1C. The Kier molecular flexibility index (Phi) is 6.64. The molecule has 1 aliphatic heterocycles. The van der Waals surface area contributed by atoms with Crippen molar-refractivity contribution in [2.75, 3.05) is 20.8 Å². The number of amidine groups is 1. The molecule has 1 fully saturated rings. The summed E-state index contributed by atoms with van der Waals surface area (Å²) in [6, 6.07) is 0. The van der Waals surface area contributed by atoms with Crippen molar-refractivity contribution in [2.24, 2.45) is 11.7 Å². The van der Waals surface area contributed by atoms with Gasteiger partial charge in [0, 0.05) is 20.4 Å². The molecule has 9 heteroatoms. The van der Waals surface area contributed by atoms with E-state index in [1.54, 1.807) is 6.20 Å². The fraction of sp³-hybridized carbons (Fsp3) is 0.727. The van der Waals surface area contributed by atoms with E-state index in [0.29, 0.717) is 0 Å². The summed E-state index contributed by atoms with van der Waals surface area (Å²) in [5.74, 6) is 0.185. The van der Waals surface area contributed by atoms with Crippen LogP contribution in [-0.4, -0.2) is 39.0 Å². The molecular formula is C11H22N3O5P. The van der Waals surface area contributed by atoms with Crippen LogP contribution in [0.25, 0.3) is 0 Å². The Morgan fingerprint density at radius 3 is 2.75 bits per heavy atom. The smallest absolute Gasteiger partial charge is 0.384 e. The van der Waals surface area contributed by atoms with E-state index in [0.717, 1.165) is 6.42 Å². The van der Waals surface area contributed by atoms with Gasteiger partial charge in [-0.05, 0) is 18.4 Å². The second-order valence-corrected chi connectivity index (χ2v) is 6.32. The number of nitrogens with two attached hydrogens (primary N) is 1. The fourth-order valence-electron chi connectivity index (χ4n) is 1.79. The topological polar surface area (TPSA) is 116 Å². The molecule has 0 aromatic carbocycles. The molecular weight excluding hydrogens is 285 g/mol. The van der Waals surface area contributed by atoms with Crippen LogP contribution in [0.5, 0.6) is 0 Å². The molecule has 116 valence electrons. The monoisotopic (exact) mass is 307 g/mol. The van der Waals surface area contributed by atoms with Crippen molar-refractivity contribution in [1.82, 2.24) is 5.32 Å². The maximum Gasteiger partial charge on any atom is 0.474 e. The van der Waals surface area contributed by atoms with Crippen molar-refractivity contribution >= 4 is 13.7 Å². The first-order chi connectivity index (χ1) is 9.40. The molecule has 0 bridgehead atoms.